The van der Waals surface area contributed by atoms with Crippen LogP contribution in [0.25, 0.3) is 0 Å². The zero-order valence-electron chi connectivity index (χ0n) is 13.4. The van der Waals surface area contributed by atoms with Gasteiger partial charge in [0.15, 0.2) is 0 Å². The van der Waals surface area contributed by atoms with Crippen LogP contribution in [0.2, 0.25) is 0 Å². The number of carboxylic acid groups (broad SMARTS) is 1. The second kappa shape index (κ2) is 7.60. The first-order valence-electron chi connectivity index (χ1n) is 7.11. The van der Waals surface area contributed by atoms with Crippen LogP contribution in [0, 0.1) is 13.8 Å². The van der Waals surface area contributed by atoms with Crippen LogP contribution in [-0.2, 0) is 14.8 Å². The first kappa shape index (κ1) is 18.4. The van der Waals surface area contributed by atoms with E-state index < -0.39 is 16.0 Å². The minimum atomic E-state index is -3.80. The number of nitrogens with zero attached hydrogens (tertiary/aromatic N) is 1. The minimum absolute atomic E-state index is 0.0540. The molecule has 0 aliphatic carbocycles. The lowest BCUT2D eigenvalue weighted by atomic mass is 10.1. The van der Waals surface area contributed by atoms with Gasteiger partial charge in [0.25, 0.3) is 0 Å². The fraction of sp³-hybridized carbons (Fsp3) is 0.533. The average Bonchev–Trinajstić information content (AvgIpc) is 2.45. The summed E-state index contributed by atoms with van der Waals surface area (Å²) in [5, 5.41) is 8.80. The third-order valence-electron chi connectivity index (χ3n) is 3.45. The van der Waals surface area contributed by atoms with E-state index in [1.54, 1.807) is 12.1 Å². The van der Waals surface area contributed by atoms with E-state index in [0.717, 1.165) is 11.1 Å². The second-order valence-electron chi connectivity index (χ2n) is 5.14. The molecule has 0 radical (unpaired) electrons. The SMILES string of the molecule is CCCN(CCC(=O)O)S(=O)(=O)c1cc(C)c(C)cc1OC. The molecule has 1 aromatic rings. The standard InChI is InChI=1S/C15H23NO5S/c1-5-7-16(8-6-15(17)18)22(19,20)14-10-12(3)11(2)9-13(14)21-4/h9-10H,5-8H2,1-4H3,(H,17,18). The van der Waals surface area contributed by atoms with Gasteiger partial charge in [0, 0.05) is 13.1 Å². The monoisotopic (exact) mass is 329 g/mol. The van der Waals surface area contributed by atoms with Crippen LogP contribution in [0.4, 0.5) is 0 Å². The van der Waals surface area contributed by atoms with Gasteiger partial charge in [0.2, 0.25) is 10.0 Å². The van der Waals surface area contributed by atoms with Crippen molar-refractivity contribution >= 4 is 16.0 Å². The molecule has 0 spiro atoms. The predicted molar refractivity (Wildman–Crippen MR) is 83.8 cm³/mol. The molecule has 6 nitrogen and oxygen atoms in total. The zero-order chi connectivity index (χ0) is 16.9. The topological polar surface area (TPSA) is 83.9 Å². The highest BCUT2D eigenvalue weighted by Crippen LogP contribution is 2.30. The van der Waals surface area contributed by atoms with Crippen molar-refractivity contribution in [3.8, 4) is 5.75 Å². The second-order valence-corrected chi connectivity index (χ2v) is 7.04. The molecule has 0 unspecified atom stereocenters. The van der Waals surface area contributed by atoms with Crippen LogP contribution in [0.5, 0.6) is 5.75 Å². The Morgan fingerprint density at radius 3 is 2.32 bits per heavy atom. The highest BCUT2D eigenvalue weighted by molar-refractivity contribution is 7.89. The summed E-state index contributed by atoms with van der Waals surface area (Å²) in [4.78, 5) is 10.8. The highest BCUT2D eigenvalue weighted by atomic mass is 32.2. The first-order valence-corrected chi connectivity index (χ1v) is 8.55. The number of aryl methyl sites for hydroxylation is 2. The Bertz CT molecular complexity index is 640. The molecule has 0 aromatic heterocycles. The maximum Gasteiger partial charge on any atom is 0.304 e. The number of ether oxygens (including phenoxy) is 1. The molecule has 1 aromatic carbocycles. The van der Waals surface area contributed by atoms with Crippen molar-refractivity contribution in [2.45, 2.75) is 38.5 Å². The van der Waals surface area contributed by atoms with E-state index in [1.165, 1.54) is 11.4 Å². The van der Waals surface area contributed by atoms with Crippen molar-refractivity contribution in [3.63, 3.8) is 0 Å². The van der Waals surface area contributed by atoms with E-state index in [-0.39, 0.29) is 30.2 Å². The number of aliphatic carboxylic acids is 1. The summed E-state index contributed by atoms with van der Waals surface area (Å²) in [6, 6.07) is 3.26. The quantitative estimate of drug-likeness (QED) is 0.790. The van der Waals surface area contributed by atoms with E-state index >= 15 is 0 Å². The lowest BCUT2D eigenvalue weighted by molar-refractivity contribution is -0.137. The molecule has 124 valence electrons. The summed E-state index contributed by atoms with van der Waals surface area (Å²) in [7, 11) is -2.37. The molecule has 0 bridgehead atoms. The number of carboxylic acids is 1. The molecule has 0 saturated heterocycles. The summed E-state index contributed by atoms with van der Waals surface area (Å²) in [6.45, 7) is 5.77. The van der Waals surface area contributed by atoms with Gasteiger partial charge in [-0.2, -0.15) is 4.31 Å². The Balaban J connectivity index is 3.29. The number of methoxy groups -OCH3 is 1. The molecule has 0 aliphatic rings. The smallest absolute Gasteiger partial charge is 0.304 e. The molecular weight excluding hydrogens is 306 g/mol. The largest absolute Gasteiger partial charge is 0.495 e. The number of rotatable bonds is 8. The molecule has 22 heavy (non-hydrogen) atoms. The molecule has 0 saturated carbocycles. The Hall–Kier alpha value is -1.60. The van der Waals surface area contributed by atoms with E-state index in [0.29, 0.717) is 6.42 Å². The Morgan fingerprint density at radius 2 is 1.82 bits per heavy atom. The minimum Gasteiger partial charge on any atom is -0.495 e. The summed E-state index contributed by atoms with van der Waals surface area (Å²) in [6.07, 6.45) is 0.373. The average molecular weight is 329 g/mol. The highest BCUT2D eigenvalue weighted by Gasteiger charge is 2.28. The van der Waals surface area contributed by atoms with E-state index in [9.17, 15) is 13.2 Å². The molecular formula is C15H23NO5S. The fourth-order valence-electron chi connectivity index (χ4n) is 2.09. The molecule has 7 heteroatoms. The van der Waals surface area contributed by atoms with Crippen LogP contribution in [-0.4, -0.2) is 44.0 Å². The molecule has 0 aliphatic heterocycles. The van der Waals surface area contributed by atoms with Crippen molar-refractivity contribution < 1.29 is 23.1 Å². The van der Waals surface area contributed by atoms with Gasteiger partial charge in [0.1, 0.15) is 10.6 Å². The third kappa shape index (κ3) is 4.20. The summed E-state index contributed by atoms with van der Waals surface area (Å²) < 4.78 is 32.1. The van der Waals surface area contributed by atoms with E-state index in [1.807, 2.05) is 20.8 Å². The zero-order valence-corrected chi connectivity index (χ0v) is 14.2. The Labute approximate surface area is 131 Å². The van der Waals surface area contributed by atoms with Crippen LogP contribution >= 0.6 is 0 Å². The van der Waals surface area contributed by atoms with Gasteiger partial charge in [0.05, 0.1) is 13.5 Å². The number of hydrogen-bond acceptors (Lipinski definition) is 4. The molecule has 0 atom stereocenters. The summed E-state index contributed by atoms with van der Waals surface area (Å²) in [5.41, 5.74) is 1.78. The van der Waals surface area contributed by atoms with Gasteiger partial charge in [-0.1, -0.05) is 6.92 Å². The van der Waals surface area contributed by atoms with Crippen LogP contribution in [0.1, 0.15) is 30.9 Å². The predicted octanol–water partition coefficient (Wildman–Crippen LogP) is 2.19. The normalized spacial score (nSPS) is 11.7. The Morgan fingerprint density at radius 1 is 1.23 bits per heavy atom. The summed E-state index contributed by atoms with van der Waals surface area (Å²) >= 11 is 0. The molecule has 1 rings (SSSR count). The van der Waals surface area contributed by atoms with Crippen molar-refractivity contribution in [1.29, 1.82) is 0 Å². The molecule has 1 N–H and O–H groups in total. The number of sulfonamides is 1. The van der Waals surface area contributed by atoms with Gasteiger partial charge in [-0.15, -0.1) is 0 Å². The molecule has 0 heterocycles. The van der Waals surface area contributed by atoms with Crippen molar-refractivity contribution in [2.75, 3.05) is 20.2 Å². The summed E-state index contributed by atoms with van der Waals surface area (Å²) in [5.74, 6) is -0.747. The number of carbonyl (C=O) groups is 1. The van der Waals surface area contributed by atoms with Crippen LogP contribution in [0.3, 0.4) is 0 Å². The maximum atomic E-state index is 12.8. The maximum absolute atomic E-state index is 12.8. The van der Waals surface area contributed by atoms with Gasteiger partial charge in [-0.05, 0) is 43.5 Å². The van der Waals surface area contributed by atoms with Gasteiger partial charge in [-0.3, -0.25) is 4.79 Å². The molecule has 0 amide bonds. The van der Waals surface area contributed by atoms with Crippen molar-refractivity contribution in [3.05, 3.63) is 23.3 Å². The van der Waals surface area contributed by atoms with Gasteiger partial charge >= 0.3 is 5.97 Å². The van der Waals surface area contributed by atoms with Gasteiger partial charge in [-0.25, -0.2) is 8.42 Å². The first-order chi connectivity index (χ1) is 10.2. The Kier molecular flexibility index (Phi) is 6.37. The number of benzene rings is 1. The fourth-order valence-corrected chi connectivity index (χ4v) is 3.84. The lowest BCUT2D eigenvalue weighted by Gasteiger charge is -2.22. The van der Waals surface area contributed by atoms with Crippen molar-refractivity contribution in [1.82, 2.24) is 4.31 Å². The van der Waals surface area contributed by atoms with E-state index in [2.05, 4.69) is 0 Å². The molecule has 0 fully saturated rings. The third-order valence-corrected chi connectivity index (χ3v) is 5.37. The number of hydrogen-bond donors (Lipinski definition) is 1. The van der Waals surface area contributed by atoms with Crippen LogP contribution < -0.4 is 4.74 Å². The van der Waals surface area contributed by atoms with Crippen molar-refractivity contribution in [2.24, 2.45) is 0 Å². The van der Waals surface area contributed by atoms with E-state index in [4.69, 9.17) is 9.84 Å². The van der Waals surface area contributed by atoms with Gasteiger partial charge < -0.3 is 9.84 Å². The van der Waals surface area contributed by atoms with Crippen LogP contribution in [0.15, 0.2) is 17.0 Å². The lowest BCUT2D eigenvalue weighted by Crippen LogP contribution is -2.34.